The zero-order chi connectivity index (χ0) is 12.8. The number of aliphatic hydroxyl groups excluding tert-OH is 1. The summed E-state index contributed by atoms with van der Waals surface area (Å²) < 4.78 is 4.61. The average Bonchev–Trinajstić information content (AvgIpc) is 2.35. The predicted molar refractivity (Wildman–Crippen MR) is 68.0 cm³/mol. The van der Waals surface area contributed by atoms with Crippen LogP contribution in [0.1, 0.15) is 30.0 Å². The van der Waals surface area contributed by atoms with E-state index < -0.39 is 5.97 Å². The van der Waals surface area contributed by atoms with E-state index in [4.69, 9.17) is 0 Å². The normalized spacial score (nSPS) is 14.1. The highest BCUT2D eigenvalue weighted by molar-refractivity contribution is 7.99. The minimum atomic E-state index is -0.430. The number of carbonyl (C=O) groups is 1. The molecule has 2 atom stereocenters. The molecule has 1 rings (SSSR count). The second kappa shape index (κ2) is 6.61. The fourth-order valence-corrected chi connectivity index (χ4v) is 2.01. The summed E-state index contributed by atoms with van der Waals surface area (Å²) in [5.41, 5.74) is 1.13. The number of carbonyl (C=O) groups excluding carboxylic acids is 1. The van der Waals surface area contributed by atoms with Gasteiger partial charge in [0.25, 0.3) is 0 Å². The highest BCUT2D eigenvalue weighted by Gasteiger charge is 2.11. The number of thioether (sulfide) groups is 1. The van der Waals surface area contributed by atoms with Gasteiger partial charge >= 0.3 is 5.97 Å². The third-order valence-corrected chi connectivity index (χ3v) is 3.76. The molecule has 0 aliphatic rings. The van der Waals surface area contributed by atoms with Gasteiger partial charge in [0.1, 0.15) is 5.69 Å². The first-order valence-electron chi connectivity index (χ1n) is 5.38. The molecule has 1 aromatic heterocycles. The van der Waals surface area contributed by atoms with Crippen LogP contribution in [0.25, 0.3) is 0 Å². The van der Waals surface area contributed by atoms with Crippen molar-refractivity contribution in [1.82, 2.24) is 4.98 Å². The second-order valence-electron chi connectivity index (χ2n) is 3.76. The summed E-state index contributed by atoms with van der Waals surface area (Å²) in [4.78, 5) is 15.5. The van der Waals surface area contributed by atoms with Gasteiger partial charge in [0.15, 0.2) is 0 Å². The van der Waals surface area contributed by atoms with Gasteiger partial charge in [0.05, 0.1) is 18.9 Å². The average molecular weight is 255 g/mol. The van der Waals surface area contributed by atoms with Gasteiger partial charge in [-0.1, -0.05) is 13.0 Å². The molecule has 0 radical (unpaired) electrons. The summed E-state index contributed by atoms with van der Waals surface area (Å²) in [5, 5.41) is 9.50. The molecule has 0 aliphatic carbocycles. The Bertz CT molecular complexity index is 382. The fourth-order valence-electron chi connectivity index (χ4n) is 1.13. The molecule has 0 bridgehead atoms. The van der Waals surface area contributed by atoms with Crippen LogP contribution in [0, 0.1) is 0 Å². The van der Waals surface area contributed by atoms with E-state index in [0.29, 0.717) is 11.4 Å². The van der Waals surface area contributed by atoms with E-state index in [-0.39, 0.29) is 11.4 Å². The number of aromatic nitrogens is 1. The molecular formula is C12H17NO3S. The number of esters is 1. The summed E-state index contributed by atoms with van der Waals surface area (Å²) in [6.45, 7) is 3.72. The third-order valence-electron chi connectivity index (χ3n) is 2.37. The third kappa shape index (κ3) is 4.36. The predicted octanol–water partition coefficient (Wildman–Crippen LogP) is 1.87. The van der Waals surface area contributed by atoms with Gasteiger partial charge in [0, 0.05) is 11.0 Å². The van der Waals surface area contributed by atoms with Crippen molar-refractivity contribution in [2.24, 2.45) is 0 Å². The standard InChI is InChI=1S/C12H17NO3S/c1-8(14)9(2)17-7-10-5-4-6-11(13-10)12(15)16-3/h4-6,8-9,14H,7H2,1-3H3. The Labute approximate surface area is 105 Å². The Hall–Kier alpha value is -1.07. The highest BCUT2D eigenvalue weighted by Crippen LogP contribution is 2.19. The largest absolute Gasteiger partial charge is 0.464 e. The van der Waals surface area contributed by atoms with Crippen LogP contribution in [0.4, 0.5) is 0 Å². The molecule has 0 aliphatic heterocycles. The van der Waals surface area contributed by atoms with E-state index >= 15 is 0 Å². The van der Waals surface area contributed by atoms with Gasteiger partial charge in [-0.15, -0.1) is 11.8 Å². The van der Waals surface area contributed by atoms with Crippen LogP contribution in [0.3, 0.4) is 0 Å². The van der Waals surface area contributed by atoms with E-state index in [9.17, 15) is 9.90 Å². The van der Waals surface area contributed by atoms with E-state index in [2.05, 4.69) is 9.72 Å². The molecule has 0 saturated carbocycles. The highest BCUT2D eigenvalue weighted by atomic mass is 32.2. The van der Waals surface area contributed by atoms with Gasteiger partial charge in [-0.2, -0.15) is 0 Å². The Kier molecular flexibility index (Phi) is 5.44. The van der Waals surface area contributed by atoms with Gasteiger partial charge in [-0.3, -0.25) is 0 Å². The number of ether oxygens (including phenoxy) is 1. The van der Waals surface area contributed by atoms with E-state index in [1.807, 2.05) is 13.0 Å². The molecule has 94 valence electrons. The van der Waals surface area contributed by atoms with E-state index in [1.165, 1.54) is 7.11 Å². The van der Waals surface area contributed by atoms with Crippen molar-refractivity contribution in [3.05, 3.63) is 29.6 Å². The van der Waals surface area contributed by atoms with Crippen molar-refractivity contribution in [2.45, 2.75) is 31.0 Å². The molecule has 0 saturated heterocycles. The topological polar surface area (TPSA) is 59.4 Å². The SMILES string of the molecule is COC(=O)c1cccc(CSC(C)C(C)O)n1. The lowest BCUT2D eigenvalue weighted by atomic mass is 10.3. The monoisotopic (exact) mass is 255 g/mol. The van der Waals surface area contributed by atoms with E-state index in [0.717, 1.165) is 5.69 Å². The lowest BCUT2D eigenvalue weighted by Gasteiger charge is -2.13. The Morgan fingerprint density at radius 2 is 2.24 bits per heavy atom. The van der Waals surface area contributed by atoms with Crippen molar-refractivity contribution in [3.8, 4) is 0 Å². The number of hydrogen-bond donors (Lipinski definition) is 1. The van der Waals surface area contributed by atoms with Crippen molar-refractivity contribution >= 4 is 17.7 Å². The van der Waals surface area contributed by atoms with Crippen molar-refractivity contribution in [2.75, 3.05) is 7.11 Å². The maximum absolute atomic E-state index is 11.3. The molecular weight excluding hydrogens is 238 g/mol. The summed E-state index contributed by atoms with van der Waals surface area (Å²) >= 11 is 1.60. The summed E-state index contributed by atoms with van der Waals surface area (Å²) in [6.07, 6.45) is -0.358. The lowest BCUT2D eigenvalue weighted by Crippen LogP contribution is -2.15. The van der Waals surface area contributed by atoms with Crippen molar-refractivity contribution < 1.29 is 14.6 Å². The maximum Gasteiger partial charge on any atom is 0.356 e. The zero-order valence-electron chi connectivity index (χ0n) is 10.2. The molecule has 1 N–H and O–H groups in total. The van der Waals surface area contributed by atoms with Crippen LogP contribution >= 0.6 is 11.8 Å². The summed E-state index contributed by atoms with van der Waals surface area (Å²) in [6, 6.07) is 5.26. The smallest absolute Gasteiger partial charge is 0.356 e. The number of pyridine rings is 1. The van der Waals surface area contributed by atoms with Crippen molar-refractivity contribution in [1.29, 1.82) is 0 Å². The number of methoxy groups -OCH3 is 1. The number of aliphatic hydroxyl groups is 1. The number of hydrogen-bond acceptors (Lipinski definition) is 5. The lowest BCUT2D eigenvalue weighted by molar-refractivity contribution is 0.0593. The molecule has 0 fully saturated rings. The van der Waals surface area contributed by atoms with Crippen LogP contribution in [-0.4, -0.2) is 34.5 Å². The first kappa shape index (κ1) is 14.0. The Morgan fingerprint density at radius 3 is 2.82 bits per heavy atom. The minimum absolute atomic E-state index is 0.138. The van der Waals surface area contributed by atoms with Crippen LogP contribution in [-0.2, 0) is 10.5 Å². The molecule has 1 aromatic rings. The molecule has 0 spiro atoms. The molecule has 2 unspecified atom stereocenters. The Balaban J connectivity index is 2.63. The van der Waals surface area contributed by atoms with Gasteiger partial charge in [0.2, 0.25) is 0 Å². The van der Waals surface area contributed by atoms with E-state index in [1.54, 1.807) is 30.8 Å². The first-order chi connectivity index (χ1) is 8.04. The molecule has 4 nitrogen and oxygen atoms in total. The van der Waals surface area contributed by atoms with Gasteiger partial charge < -0.3 is 9.84 Å². The van der Waals surface area contributed by atoms with Crippen LogP contribution in [0.2, 0.25) is 0 Å². The number of rotatable bonds is 5. The summed E-state index contributed by atoms with van der Waals surface area (Å²) in [5.74, 6) is 0.233. The number of nitrogens with zero attached hydrogens (tertiary/aromatic N) is 1. The van der Waals surface area contributed by atoms with Crippen LogP contribution in [0.15, 0.2) is 18.2 Å². The maximum atomic E-state index is 11.3. The Morgan fingerprint density at radius 1 is 1.53 bits per heavy atom. The molecule has 0 aromatic carbocycles. The van der Waals surface area contributed by atoms with Crippen LogP contribution < -0.4 is 0 Å². The molecule has 1 heterocycles. The van der Waals surface area contributed by atoms with Gasteiger partial charge in [-0.05, 0) is 19.1 Å². The first-order valence-corrected chi connectivity index (χ1v) is 6.43. The molecule has 0 amide bonds. The summed E-state index contributed by atoms with van der Waals surface area (Å²) in [7, 11) is 1.33. The molecule has 5 heteroatoms. The second-order valence-corrected chi connectivity index (χ2v) is 5.13. The quantitative estimate of drug-likeness (QED) is 0.814. The molecule has 17 heavy (non-hydrogen) atoms. The zero-order valence-corrected chi connectivity index (χ0v) is 11.0. The van der Waals surface area contributed by atoms with Gasteiger partial charge in [-0.25, -0.2) is 9.78 Å². The van der Waals surface area contributed by atoms with Crippen molar-refractivity contribution in [3.63, 3.8) is 0 Å². The minimum Gasteiger partial charge on any atom is -0.464 e. The fraction of sp³-hybridized carbons (Fsp3) is 0.500. The van der Waals surface area contributed by atoms with Crippen LogP contribution in [0.5, 0.6) is 0 Å².